The molecule has 1 aromatic carbocycles. The third-order valence-corrected chi connectivity index (χ3v) is 18.5. The number of aliphatic carboxylic acids is 6. The molecular formula is C69H111N13O38S. The van der Waals surface area contributed by atoms with Crippen LogP contribution in [0.3, 0.4) is 0 Å². The zero-order valence-corrected chi connectivity index (χ0v) is 66.1. The average molecular weight is 1760 g/mol. The number of carbonyl (C=O) groups excluding carboxylic acids is 11. The third-order valence-electron chi connectivity index (χ3n) is 17.8. The minimum atomic E-state index is -2.23. The number of thioether (sulfide) groups is 1. The van der Waals surface area contributed by atoms with Crippen molar-refractivity contribution in [3.05, 3.63) is 35.4 Å². The van der Waals surface area contributed by atoms with Gasteiger partial charge in [-0.25, -0.2) is 24.0 Å². The average Bonchev–Trinajstić information content (AvgIpc) is 0.899. The number of hydrogen-bond acceptors (Lipinski definition) is 33. The van der Waals surface area contributed by atoms with E-state index in [0.29, 0.717) is 5.56 Å². The summed E-state index contributed by atoms with van der Waals surface area (Å²) in [6, 6.07) is -11.5. The van der Waals surface area contributed by atoms with Crippen molar-refractivity contribution >= 4 is 113 Å². The van der Waals surface area contributed by atoms with E-state index in [9.17, 15) is 179 Å². The molecule has 52 heteroatoms. The normalized spacial score (nSPS) is 16.2. The summed E-state index contributed by atoms with van der Waals surface area (Å²) in [6.07, 6.45) is -34.0. The predicted octanol–water partition coefficient (Wildman–Crippen LogP) is -13.6. The smallest absolute Gasteiger partial charge is 0.327 e. The van der Waals surface area contributed by atoms with Gasteiger partial charge in [0.1, 0.15) is 103 Å². The van der Waals surface area contributed by atoms with E-state index in [1.54, 1.807) is 0 Å². The molecule has 0 saturated heterocycles. The quantitative estimate of drug-likeness (QED) is 0.0269. The van der Waals surface area contributed by atoms with E-state index in [4.69, 9.17) is 10.2 Å². The van der Waals surface area contributed by atoms with E-state index >= 15 is 0 Å². The molecule has 20 atom stereocenters. The molecule has 0 aromatic heterocycles. The van der Waals surface area contributed by atoms with Gasteiger partial charge >= 0.3 is 47.9 Å². The number of urea groups is 2. The van der Waals surface area contributed by atoms with E-state index in [1.807, 2.05) is 5.32 Å². The number of benzene rings is 1. The van der Waals surface area contributed by atoms with Crippen LogP contribution in [0.4, 0.5) is 9.59 Å². The SMILES string of the molecule is CSC[C@@H](NC(=O)[C@H](CCC(=O)NC[C@H](O)[C@@H](O)[C@H](O)[C@H](O)CO)NC(=O)[C@@H](CCC(=O)O)NC(=O)[C@H](CCC(=O)NC[C@H](O)[C@@H](O)[C@H](O)[C@H](O)CO)NC(=O)[C@@H](CCC(=O)O)NC(=O)[C@H](CCC(=O)NC[C@H](O)[C@@H](O)[C@H](O)[C@H](O)CO)NC(=O)Cc1ccc(CNC(=O)NCCCC[C@H](NC(=O)N[C@@H](CCC(=O)O)C(=O)O)C(=O)O)cc1)C(=O)O. The molecule has 0 fully saturated rings. The van der Waals surface area contributed by atoms with E-state index in [0.717, 1.165) is 11.8 Å². The lowest BCUT2D eigenvalue weighted by Gasteiger charge is -2.28. The number of unbranched alkanes of at least 4 members (excludes halogenated alkanes) is 1. The van der Waals surface area contributed by atoms with Gasteiger partial charge in [-0.1, -0.05) is 24.3 Å². The summed E-state index contributed by atoms with van der Waals surface area (Å²) >= 11 is 0.928. The Hall–Kier alpha value is -10.4. The van der Waals surface area contributed by atoms with Crippen LogP contribution in [0.5, 0.6) is 0 Å². The van der Waals surface area contributed by atoms with Gasteiger partial charge in [0.2, 0.25) is 53.2 Å². The van der Waals surface area contributed by atoms with Crippen molar-refractivity contribution in [1.82, 2.24) is 69.1 Å². The Bertz CT molecular complexity index is 3540. The molecule has 1 rings (SSSR count). The molecule has 13 amide bonds. The number of nitrogens with one attached hydrogen (secondary N) is 13. The lowest BCUT2D eigenvalue weighted by molar-refractivity contribution is -0.142. The van der Waals surface area contributed by atoms with Crippen LogP contribution in [0.1, 0.15) is 107 Å². The number of aliphatic hydroxyl groups is 15. The number of aliphatic hydroxyl groups excluding tert-OH is 15. The number of hydrogen-bond donors (Lipinski definition) is 34. The second-order valence-corrected chi connectivity index (χ2v) is 28.3. The Labute approximate surface area is 692 Å². The summed E-state index contributed by atoms with van der Waals surface area (Å²) in [4.78, 5) is 221. The molecule has 51 nitrogen and oxygen atoms in total. The number of carboxylic acids is 6. The van der Waals surface area contributed by atoms with Crippen molar-refractivity contribution in [3.8, 4) is 0 Å². The molecule has 121 heavy (non-hydrogen) atoms. The van der Waals surface area contributed by atoms with Crippen LogP contribution in [0, 0.1) is 0 Å². The molecule has 0 aliphatic rings. The summed E-state index contributed by atoms with van der Waals surface area (Å²) in [6.45, 7) is -6.03. The molecular weight excluding hydrogens is 1650 g/mol. The number of amides is 13. The fourth-order valence-electron chi connectivity index (χ4n) is 10.6. The van der Waals surface area contributed by atoms with Crippen LogP contribution in [-0.4, -0.2) is 388 Å². The molecule has 0 bridgehead atoms. The molecule has 0 radical (unpaired) electrons. The molecule has 0 heterocycles. The maximum Gasteiger partial charge on any atom is 0.327 e. The molecule has 0 unspecified atom stereocenters. The van der Waals surface area contributed by atoms with Crippen molar-refractivity contribution in [2.45, 2.75) is 231 Å². The highest BCUT2D eigenvalue weighted by molar-refractivity contribution is 7.98. The fraction of sp³-hybridized carbons (Fsp3) is 0.667. The van der Waals surface area contributed by atoms with Crippen molar-refractivity contribution in [2.75, 3.05) is 58.0 Å². The first-order valence-corrected chi connectivity index (χ1v) is 38.8. The minimum Gasteiger partial charge on any atom is -0.481 e. The number of carboxylic acid groups (broad SMARTS) is 6. The number of rotatable bonds is 63. The van der Waals surface area contributed by atoms with E-state index in [1.165, 1.54) is 30.5 Å². The molecule has 0 saturated carbocycles. The lowest BCUT2D eigenvalue weighted by atomic mass is 10.0. The number of carbonyl (C=O) groups is 17. The highest BCUT2D eigenvalue weighted by Gasteiger charge is 2.38. The van der Waals surface area contributed by atoms with Crippen LogP contribution in [-0.2, 0) is 84.9 Å². The van der Waals surface area contributed by atoms with E-state index < -0.39 is 346 Å². The van der Waals surface area contributed by atoms with Gasteiger partial charge in [0.05, 0.1) is 44.6 Å². The van der Waals surface area contributed by atoms with Crippen molar-refractivity contribution in [2.24, 2.45) is 0 Å². The van der Waals surface area contributed by atoms with Crippen LogP contribution >= 0.6 is 11.8 Å². The Morgan fingerprint density at radius 2 is 0.595 bits per heavy atom. The Morgan fingerprint density at radius 1 is 0.306 bits per heavy atom. The highest BCUT2D eigenvalue weighted by atomic mass is 32.2. The van der Waals surface area contributed by atoms with Gasteiger partial charge in [-0.3, -0.25) is 57.5 Å². The topological polar surface area (TPSA) is 871 Å². The van der Waals surface area contributed by atoms with Crippen LogP contribution < -0.4 is 69.1 Å². The third kappa shape index (κ3) is 43.6. The zero-order chi connectivity index (χ0) is 91.9. The zero-order valence-electron chi connectivity index (χ0n) is 65.3. The van der Waals surface area contributed by atoms with Crippen molar-refractivity contribution in [1.29, 1.82) is 0 Å². The van der Waals surface area contributed by atoms with Crippen molar-refractivity contribution < 1.29 is 189 Å². The second kappa shape index (κ2) is 57.7. The van der Waals surface area contributed by atoms with Gasteiger partial charge in [-0.05, 0) is 75.2 Å². The summed E-state index contributed by atoms with van der Waals surface area (Å²) in [5.74, 6) is -21.1. The fourth-order valence-corrected chi connectivity index (χ4v) is 11.2. The Morgan fingerprint density at radius 3 is 0.909 bits per heavy atom. The van der Waals surface area contributed by atoms with Gasteiger partial charge in [0, 0.05) is 77.0 Å². The van der Waals surface area contributed by atoms with E-state index in [2.05, 4.69) is 63.8 Å². The summed E-state index contributed by atoms with van der Waals surface area (Å²) in [5, 5.41) is 235. The van der Waals surface area contributed by atoms with Crippen LogP contribution in [0.2, 0.25) is 0 Å². The van der Waals surface area contributed by atoms with Crippen molar-refractivity contribution in [3.63, 3.8) is 0 Å². The standard InChI is InChI=1S/C69H111N13O38S/c1-121-30-40(67(117)118)80-64(112)35(11-17-49(94)73-26-43(88)56(104)59(107)46(91)29-85)77-63(111)37(13-19-52(98)99)79-61(109)34(10-16-48(93)72-25-42(87)55(103)58(106)45(90)28-84)76-62(110)36(12-18-51(96)97)78-60(108)33(9-15-47(92)71-24-41(86)54(102)57(105)44(89)27-83)75-50(95)22-31-5-7-32(8-6-31)23-74-68(119)70-21-3-2-4-38(65(113)114)81-69(120)82-39(66(115)116)14-20-53(100)101/h5-8,33-46,54-59,83-91,102-107H,2-4,9-30H2,1H3,(H,71,92)(H,72,93)(H,73,94)(H,75,95)(H,76,110)(H,77,111)(H,78,108)(H,79,109)(H,80,112)(H,96,97)(H,98,99)(H,100,101)(H,113,114)(H,115,116)(H,117,118)(H2,70,74,119)(H2,81,82,120)/t33-,34-,35-,36+,37+,38-,39-,40+,41-,42-,43-,44+,45+,46+,54+,55+,56+,57+,58+,59+/m0/s1. The van der Waals surface area contributed by atoms with Gasteiger partial charge in [-0.15, -0.1) is 0 Å². The van der Waals surface area contributed by atoms with Gasteiger partial charge in [0.25, 0.3) is 0 Å². The monoisotopic (exact) mass is 1760 g/mol. The van der Waals surface area contributed by atoms with Crippen LogP contribution in [0.15, 0.2) is 24.3 Å². The largest absolute Gasteiger partial charge is 0.481 e. The maximum atomic E-state index is 14.7. The lowest BCUT2D eigenvalue weighted by Crippen LogP contribution is -2.60. The first kappa shape index (κ1) is 109. The molecule has 0 aliphatic carbocycles. The highest BCUT2D eigenvalue weighted by Crippen LogP contribution is 2.15. The Kier molecular flexibility index (Phi) is 51.8. The van der Waals surface area contributed by atoms with Gasteiger partial charge in [-0.2, -0.15) is 11.8 Å². The van der Waals surface area contributed by atoms with Gasteiger partial charge < -0.3 is 176 Å². The minimum absolute atomic E-state index is 0.0136. The van der Waals surface area contributed by atoms with E-state index in [-0.39, 0.29) is 43.7 Å². The first-order chi connectivity index (χ1) is 56.8. The maximum absolute atomic E-state index is 14.7. The first-order valence-electron chi connectivity index (χ1n) is 37.4. The summed E-state index contributed by atoms with van der Waals surface area (Å²) in [5.41, 5.74) is 0.653. The van der Waals surface area contributed by atoms with Crippen LogP contribution in [0.25, 0.3) is 0 Å². The molecule has 0 aliphatic heterocycles. The predicted molar refractivity (Wildman–Crippen MR) is 407 cm³/mol. The molecule has 686 valence electrons. The molecule has 0 spiro atoms. The summed E-state index contributed by atoms with van der Waals surface area (Å²) in [7, 11) is 0. The summed E-state index contributed by atoms with van der Waals surface area (Å²) < 4.78 is 0. The molecule has 34 N–H and O–H groups in total. The Balaban J connectivity index is 3.82. The molecule has 1 aromatic rings. The van der Waals surface area contributed by atoms with Gasteiger partial charge in [0.15, 0.2) is 0 Å². The second-order valence-electron chi connectivity index (χ2n) is 27.4.